The van der Waals surface area contributed by atoms with E-state index in [-0.39, 0.29) is 4.90 Å². The minimum atomic E-state index is -3.99. The molecule has 40 heavy (non-hydrogen) atoms. The van der Waals surface area contributed by atoms with Crippen LogP contribution in [0.2, 0.25) is 0 Å². The predicted molar refractivity (Wildman–Crippen MR) is 162 cm³/mol. The van der Waals surface area contributed by atoms with E-state index in [1.807, 2.05) is 32.0 Å². The first kappa shape index (κ1) is 28.8. The molecule has 0 radical (unpaired) electrons. The standard InChI is InChI=1S/C32H36N4O3S/c1-22(2)27-13-16-29(17-14-27)35(40(38,39)31-10-8-7-9-11-31)21-32(37)34-33-20-28-19-25(5)36(26(28)6)30-15-12-23(3)24(4)18-30/h7-20,22H,21H2,1-6H3,(H,34,37)/b33-20-. The molecule has 4 rings (SSSR count). The molecule has 7 nitrogen and oxygen atoms in total. The van der Waals surface area contributed by atoms with E-state index in [0.717, 1.165) is 32.5 Å². The van der Waals surface area contributed by atoms with Gasteiger partial charge in [-0.15, -0.1) is 0 Å². The summed E-state index contributed by atoms with van der Waals surface area (Å²) in [5, 5.41) is 4.16. The van der Waals surface area contributed by atoms with Gasteiger partial charge < -0.3 is 4.57 Å². The maximum atomic E-state index is 13.6. The molecular formula is C32H36N4O3S. The smallest absolute Gasteiger partial charge is 0.264 e. The van der Waals surface area contributed by atoms with Crippen LogP contribution in [0.4, 0.5) is 5.69 Å². The zero-order chi connectivity index (χ0) is 29.0. The summed E-state index contributed by atoms with van der Waals surface area (Å²) in [5.41, 5.74) is 10.4. The van der Waals surface area contributed by atoms with E-state index in [1.54, 1.807) is 36.5 Å². The number of aromatic nitrogens is 1. The average Bonchev–Trinajstić information content (AvgIpc) is 3.21. The molecule has 1 aromatic heterocycles. The van der Waals surface area contributed by atoms with Gasteiger partial charge in [0.05, 0.1) is 16.8 Å². The van der Waals surface area contributed by atoms with Crippen LogP contribution < -0.4 is 9.73 Å². The second kappa shape index (κ2) is 11.9. The van der Waals surface area contributed by atoms with Crippen molar-refractivity contribution in [3.05, 3.63) is 113 Å². The summed E-state index contributed by atoms with van der Waals surface area (Å²) in [6, 6.07) is 23.7. The molecule has 208 valence electrons. The van der Waals surface area contributed by atoms with Crippen molar-refractivity contribution in [1.29, 1.82) is 0 Å². The van der Waals surface area contributed by atoms with E-state index in [0.29, 0.717) is 11.6 Å². The summed E-state index contributed by atoms with van der Waals surface area (Å²) in [6.45, 7) is 11.9. The van der Waals surface area contributed by atoms with Crippen LogP contribution in [0, 0.1) is 27.7 Å². The molecule has 0 saturated heterocycles. The molecule has 0 aliphatic rings. The monoisotopic (exact) mass is 556 g/mol. The largest absolute Gasteiger partial charge is 0.318 e. The number of carbonyl (C=O) groups excluding carboxylic acids is 1. The Bertz CT molecular complexity index is 1640. The Morgan fingerprint density at radius 2 is 1.60 bits per heavy atom. The fourth-order valence-electron chi connectivity index (χ4n) is 4.58. The van der Waals surface area contributed by atoms with Crippen LogP contribution >= 0.6 is 0 Å². The van der Waals surface area contributed by atoms with Crippen LogP contribution in [-0.2, 0) is 14.8 Å². The van der Waals surface area contributed by atoms with Gasteiger partial charge in [-0.2, -0.15) is 5.10 Å². The first-order valence-electron chi connectivity index (χ1n) is 13.2. The quantitative estimate of drug-likeness (QED) is 0.197. The van der Waals surface area contributed by atoms with Gasteiger partial charge in [-0.3, -0.25) is 9.10 Å². The van der Waals surface area contributed by atoms with Crippen LogP contribution in [0.3, 0.4) is 0 Å². The number of sulfonamides is 1. The van der Waals surface area contributed by atoms with E-state index in [2.05, 4.69) is 61.0 Å². The third kappa shape index (κ3) is 6.18. The fraction of sp³-hybridized carbons (Fsp3) is 0.250. The van der Waals surface area contributed by atoms with E-state index in [1.165, 1.54) is 23.3 Å². The molecule has 0 saturated carbocycles. The SMILES string of the molecule is Cc1ccc(-n2c(C)cc(/C=N\NC(=O)CN(c3ccc(C(C)C)cc3)S(=O)(=O)c3ccccc3)c2C)cc1C. The number of hydrogen-bond acceptors (Lipinski definition) is 4. The lowest BCUT2D eigenvalue weighted by molar-refractivity contribution is -0.119. The lowest BCUT2D eigenvalue weighted by Gasteiger charge is -2.24. The number of carbonyl (C=O) groups is 1. The maximum Gasteiger partial charge on any atom is 0.264 e. The molecule has 0 spiro atoms. The number of amides is 1. The Balaban J connectivity index is 1.55. The highest BCUT2D eigenvalue weighted by Gasteiger charge is 2.27. The third-order valence-corrected chi connectivity index (χ3v) is 8.87. The van der Waals surface area contributed by atoms with Crippen molar-refractivity contribution in [1.82, 2.24) is 9.99 Å². The van der Waals surface area contributed by atoms with Crippen LogP contribution in [0.25, 0.3) is 5.69 Å². The van der Waals surface area contributed by atoms with Crippen molar-refractivity contribution < 1.29 is 13.2 Å². The molecule has 8 heteroatoms. The number of hydrogen-bond donors (Lipinski definition) is 1. The van der Waals surface area contributed by atoms with Crippen molar-refractivity contribution in [3.8, 4) is 5.69 Å². The molecule has 0 unspecified atom stereocenters. The maximum absolute atomic E-state index is 13.6. The van der Waals surface area contributed by atoms with Gasteiger partial charge in [0.25, 0.3) is 15.9 Å². The Hall–Kier alpha value is -4.17. The molecule has 0 aliphatic carbocycles. The Kier molecular flexibility index (Phi) is 8.59. The third-order valence-electron chi connectivity index (χ3n) is 7.08. The molecule has 0 aliphatic heterocycles. The highest BCUT2D eigenvalue weighted by molar-refractivity contribution is 7.92. The summed E-state index contributed by atoms with van der Waals surface area (Å²) in [6.07, 6.45) is 1.59. The molecule has 0 fully saturated rings. The average molecular weight is 557 g/mol. The van der Waals surface area contributed by atoms with Crippen molar-refractivity contribution in [2.45, 2.75) is 52.4 Å². The van der Waals surface area contributed by atoms with Crippen molar-refractivity contribution in [2.24, 2.45) is 5.10 Å². The number of anilines is 1. The lowest BCUT2D eigenvalue weighted by Crippen LogP contribution is -2.39. The summed E-state index contributed by atoms with van der Waals surface area (Å²) in [7, 11) is -3.99. The molecule has 1 amide bonds. The fourth-order valence-corrected chi connectivity index (χ4v) is 6.02. The molecule has 0 bridgehead atoms. The summed E-state index contributed by atoms with van der Waals surface area (Å²) in [5.74, 6) is -0.255. The second-order valence-electron chi connectivity index (χ2n) is 10.3. The number of nitrogens with zero attached hydrogens (tertiary/aromatic N) is 3. The second-order valence-corrected chi connectivity index (χ2v) is 12.2. The number of nitrogens with one attached hydrogen (secondary N) is 1. The number of aryl methyl sites for hydroxylation is 3. The van der Waals surface area contributed by atoms with Gasteiger partial charge in [0.1, 0.15) is 6.54 Å². The van der Waals surface area contributed by atoms with E-state index in [9.17, 15) is 13.2 Å². The topological polar surface area (TPSA) is 83.8 Å². The van der Waals surface area contributed by atoms with Crippen molar-refractivity contribution >= 4 is 27.8 Å². The number of hydrazone groups is 1. The van der Waals surface area contributed by atoms with Gasteiger partial charge in [-0.05, 0) is 92.8 Å². The number of rotatable bonds is 9. The summed E-state index contributed by atoms with van der Waals surface area (Å²) in [4.78, 5) is 13.1. The van der Waals surface area contributed by atoms with Gasteiger partial charge in [-0.25, -0.2) is 13.8 Å². The van der Waals surface area contributed by atoms with Gasteiger partial charge in [0.15, 0.2) is 0 Å². The van der Waals surface area contributed by atoms with Crippen LogP contribution in [0.15, 0.2) is 88.9 Å². The van der Waals surface area contributed by atoms with Gasteiger partial charge in [0, 0.05) is 22.6 Å². The first-order valence-corrected chi connectivity index (χ1v) is 14.7. The Morgan fingerprint density at radius 1 is 0.925 bits per heavy atom. The molecular weight excluding hydrogens is 520 g/mol. The summed E-state index contributed by atoms with van der Waals surface area (Å²) < 4.78 is 30.4. The van der Waals surface area contributed by atoms with Crippen LogP contribution in [0.1, 0.15) is 53.4 Å². The van der Waals surface area contributed by atoms with Crippen LogP contribution in [-0.4, -0.2) is 31.7 Å². The highest BCUT2D eigenvalue weighted by Crippen LogP contribution is 2.26. The Labute approximate surface area is 237 Å². The first-order chi connectivity index (χ1) is 19.0. The molecule has 1 N–H and O–H groups in total. The molecule has 1 heterocycles. The van der Waals surface area contributed by atoms with E-state index < -0.39 is 22.5 Å². The van der Waals surface area contributed by atoms with Gasteiger partial charge >= 0.3 is 0 Å². The minimum Gasteiger partial charge on any atom is -0.318 e. The van der Waals surface area contributed by atoms with E-state index in [4.69, 9.17) is 0 Å². The number of benzene rings is 3. The van der Waals surface area contributed by atoms with E-state index >= 15 is 0 Å². The predicted octanol–water partition coefficient (Wildman–Crippen LogP) is 6.18. The van der Waals surface area contributed by atoms with Crippen LogP contribution in [0.5, 0.6) is 0 Å². The minimum absolute atomic E-state index is 0.109. The van der Waals surface area contributed by atoms with Crippen molar-refractivity contribution in [2.75, 3.05) is 10.8 Å². The van der Waals surface area contributed by atoms with Gasteiger partial charge in [-0.1, -0.05) is 50.2 Å². The zero-order valence-corrected chi connectivity index (χ0v) is 24.7. The molecule has 3 aromatic carbocycles. The zero-order valence-electron chi connectivity index (χ0n) is 23.8. The van der Waals surface area contributed by atoms with Crippen molar-refractivity contribution in [3.63, 3.8) is 0 Å². The lowest BCUT2D eigenvalue weighted by atomic mass is 10.0. The van der Waals surface area contributed by atoms with Gasteiger partial charge in [0.2, 0.25) is 0 Å². The highest BCUT2D eigenvalue weighted by atomic mass is 32.2. The summed E-state index contributed by atoms with van der Waals surface area (Å²) >= 11 is 0. The Morgan fingerprint density at radius 3 is 2.23 bits per heavy atom. The normalized spacial score (nSPS) is 11.8. The molecule has 0 atom stereocenters. The molecule has 4 aromatic rings.